The highest BCUT2D eigenvalue weighted by molar-refractivity contribution is 6.22. The lowest BCUT2D eigenvalue weighted by atomic mass is 9.84. The number of rotatable bonds is 3. The molecule has 0 N–H and O–H groups in total. The van der Waals surface area contributed by atoms with Crippen LogP contribution < -0.4 is 0 Å². The number of benzene rings is 2. The Morgan fingerprint density at radius 2 is 1.78 bits per heavy atom. The Balaban J connectivity index is 2.66. The Bertz CT molecular complexity index is 604. The number of hydrogen-bond acceptors (Lipinski definition) is 1. The molecular formula is C15H14ClFO. The van der Waals surface area contributed by atoms with E-state index in [1.54, 1.807) is 38.1 Å². The van der Waals surface area contributed by atoms with E-state index in [0.717, 1.165) is 0 Å². The van der Waals surface area contributed by atoms with Crippen molar-refractivity contribution in [3.63, 3.8) is 0 Å². The number of fused-ring (bicyclic) bond motifs is 1. The molecule has 0 saturated carbocycles. The summed E-state index contributed by atoms with van der Waals surface area (Å²) in [6, 6.07) is 9.86. The zero-order valence-corrected chi connectivity index (χ0v) is 11.1. The van der Waals surface area contributed by atoms with Crippen molar-refractivity contribution in [3.8, 4) is 0 Å². The molecule has 94 valence electrons. The lowest BCUT2D eigenvalue weighted by Crippen LogP contribution is -2.26. The summed E-state index contributed by atoms with van der Waals surface area (Å²) < 4.78 is 13.7. The summed E-state index contributed by atoms with van der Waals surface area (Å²) in [5.74, 6) is -0.142. The van der Waals surface area contributed by atoms with Gasteiger partial charge in [0.2, 0.25) is 0 Å². The van der Waals surface area contributed by atoms with Gasteiger partial charge >= 0.3 is 0 Å². The lowest BCUT2D eigenvalue weighted by molar-refractivity contribution is 0.0864. The van der Waals surface area contributed by atoms with Gasteiger partial charge in [-0.2, -0.15) is 0 Å². The highest BCUT2D eigenvalue weighted by Crippen LogP contribution is 2.29. The van der Waals surface area contributed by atoms with Gasteiger partial charge in [-0.3, -0.25) is 4.79 Å². The minimum atomic E-state index is -0.651. The van der Waals surface area contributed by atoms with E-state index in [0.29, 0.717) is 16.3 Å². The second-order valence-electron chi connectivity index (χ2n) is 4.99. The summed E-state index contributed by atoms with van der Waals surface area (Å²) in [6.45, 7) is 3.58. The van der Waals surface area contributed by atoms with Gasteiger partial charge in [-0.15, -0.1) is 11.6 Å². The molecule has 0 radical (unpaired) electrons. The van der Waals surface area contributed by atoms with E-state index in [1.807, 2.05) is 0 Å². The fourth-order valence-electron chi connectivity index (χ4n) is 1.89. The van der Waals surface area contributed by atoms with Crippen molar-refractivity contribution in [3.05, 3.63) is 47.8 Å². The number of halogens is 2. The van der Waals surface area contributed by atoms with Crippen molar-refractivity contribution in [2.75, 3.05) is 5.88 Å². The largest absolute Gasteiger partial charge is 0.294 e. The summed E-state index contributed by atoms with van der Waals surface area (Å²) in [7, 11) is 0. The van der Waals surface area contributed by atoms with Crippen LogP contribution in [0.25, 0.3) is 10.8 Å². The minimum Gasteiger partial charge on any atom is -0.294 e. The summed E-state index contributed by atoms with van der Waals surface area (Å²) in [4.78, 5) is 12.4. The van der Waals surface area contributed by atoms with Gasteiger partial charge in [0.25, 0.3) is 0 Å². The number of Topliss-reactive ketones (excluding diaryl/α,β-unsaturated/α-hetero) is 1. The first-order valence-corrected chi connectivity index (χ1v) is 6.29. The van der Waals surface area contributed by atoms with Crippen LogP contribution in [0.5, 0.6) is 0 Å². The third kappa shape index (κ3) is 2.13. The van der Waals surface area contributed by atoms with E-state index in [1.165, 1.54) is 12.1 Å². The summed E-state index contributed by atoms with van der Waals surface area (Å²) in [6.07, 6.45) is 0. The molecule has 0 heterocycles. The topological polar surface area (TPSA) is 17.1 Å². The van der Waals surface area contributed by atoms with Gasteiger partial charge in [-0.05, 0) is 17.5 Å². The molecule has 0 spiro atoms. The summed E-state index contributed by atoms with van der Waals surface area (Å²) in [5.41, 5.74) is -0.125. The average molecular weight is 265 g/mol. The quantitative estimate of drug-likeness (QED) is 0.592. The summed E-state index contributed by atoms with van der Waals surface area (Å²) in [5, 5.41) is 1.11. The van der Waals surface area contributed by atoms with Crippen LogP contribution in [0.2, 0.25) is 0 Å². The van der Waals surface area contributed by atoms with Crippen molar-refractivity contribution in [1.29, 1.82) is 0 Å². The van der Waals surface area contributed by atoms with E-state index in [2.05, 4.69) is 0 Å². The van der Waals surface area contributed by atoms with E-state index in [9.17, 15) is 9.18 Å². The molecule has 2 rings (SSSR count). The average Bonchev–Trinajstić information content (AvgIpc) is 2.39. The van der Waals surface area contributed by atoms with Crippen LogP contribution in [-0.4, -0.2) is 11.7 Å². The van der Waals surface area contributed by atoms with E-state index in [-0.39, 0.29) is 17.5 Å². The van der Waals surface area contributed by atoms with Crippen LogP contribution in [0.15, 0.2) is 36.4 Å². The van der Waals surface area contributed by atoms with E-state index < -0.39 is 5.41 Å². The Labute approximate surface area is 111 Å². The molecule has 0 fully saturated rings. The normalized spacial score (nSPS) is 11.8. The Morgan fingerprint density at radius 1 is 1.17 bits per heavy atom. The van der Waals surface area contributed by atoms with Gasteiger partial charge in [0.15, 0.2) is 5.78 Å². The van der Waals surface area contributed by atoms with Crippen LogP contribution in [0.4, 0.5) is 4.39 Å². The molecular weight excluding hydrogens is 251 g/mol. The minimum absolute atomic E-state index is 0.0614. The molecule has 0 aliphatic rings. The number of alkyl halides is 1. The lowest BCUT2D eigenvalue weighted by Gasteiger charge is -2.20. The maximum Gasteiger partial charge on any atom is 0.170 e. The van der Waals surface area contributed by atoms with E-state index >= 15 is 0 Å². The highest BCUT2D eigenvalue weighted by atomic mass is 35.5. The van der Waals surface area contributed by atoms with Crippen molar-refractivity contribution in [1.82, 2.24) is 0 Å². The molecule has 0 bridgehead atoms. The second kappa shape index (κ2) is 4.69. The third-order valence-electron chi connectivity index (χ3n) is 3.06. The number of carbonyl (C=O) groups is 1. The molecule has 0 unspecified atom stereocenters. The maximum absolute atomic E-state index is 13.7. The van der Waals surface area contributed by atoms with Crippen molar-refractivity contribution in [2.24, 2.45) is 5.41 Å². The smallest absolute Gasteiger partial charge is 0.170 e. The fraction of sp³-hybridized carbons (Fsp3) is 0.267. The maximum atomic E-state index is 13.7. The molecule has 2 aromatic rings. The van der Waals surface area contributed by atoms with Gasteiger partial charge < -0.3 is 0 Å². The Hall–Kier alpha value is -1.41. The Kier molecular flexibility index (Phi) is 3.40. The van der Waals surface area contributed by atoms with Crippen LogP contribution in [0.3, 0.4) is 0 Å². The van der Waals surface area contributed by atoms with Crippen molar-refractivity contribution >= 4 is 28.2 Å². The van der Waals surface area contributed by atoms with Crippen LogP contribution in [0, 0.1) is 11.2 Å². The molecule has 0 saturated heterocycles. The van der Waals surface area contributed by atoms with Gasteiger partial charge in [0.1, 0.15) is 5.82 Å². The zero-order chi connectivity index (χ0) is 13.3. The molecule has 3 heteroatoms. The molecule has 0 amide bonds. The van der Waals surface area contributed by atoms with Crippen LogP contribution in [0.1, 0.15) is 24.2 Å². The number of hydrogen-bond donors (Lipinski definition) is 0. The van der Waals surface area contributed by atoms with Crippen molar-refractivity contribution in [2.45, 2.75) is 13.8 Å². The highest BCUT2D eigenvalue weighted by Gasteiger charge is 2.29. The molecule has 0 atom stereocenters. The molecule has 18 heavy (non-hydrogen) atoms. The van der Waals surface area contributed by atoms with Crippen LogP contribution in [-0.2, 0) is 0 Å². The van der Waals surface area contributed by atoms with Gasteiger partial charge in [0, 0.05) is 22.2 Å². The monoisotopic (exact) mass is 264 g/mol. The Morgan fingerprint density at radius 3 is 2.39 bits per heavy atom. The van der Waals surface area contributed by atoms with Gasteiger partial charge in [-0.1, -0.05) is 38.1 Å². The number of ketones is 1. The third-order valence-corrected chi connectivity index (χ3v) is 3.73. The first kappa shape index (κ1) is 13.0. The first-order chi connectivity index (χ1) is 8.47. The predicted molar refractivity (Wildman–Crippen MR) is 72.7 cm³/mol. The standard InChI is InChI=1S/C15H14ClFO/c1-15(2,9-16)14(18)12-7-8-13(17)11-6-4-3-5-10(11)12/h3-8H,9H2,1-2H3. The predicted octanol–water partition coefficient (Wildman–Crippen LogP) is 4.43. The zero-order valence-electron chi connectivity index (χ0n) is 10.3. The SMILES string of the molecule is CC(C)(CCl)C(=O)c1ccc(F)c2ccccc12. The second-order valence-corrected chi connectivity index (χ2v) is 5.25. The fourth-order valence-corrected chi connectivity index (χ4v) is 2.01. The first-order valence-electron chi connectivity index (χ1n) is 5.75. The van der Waals surface area contributed by atoms with Crippen LogP contribution >= 0.6 is 11.6 Å². The molecule has 0 aromatic heterocycles. The van der Waals surface area contributed by atoms with E-state index in [4.69, 9.17) is 11.6 Å². The van der Waals surface area contributed by atoms with Gasteiger partial charge in [-0.25, -0.2) is 4.39 Å². The number of carbonyl (C=O) groups excluding carboxylic acids is 1. The van der Waals surface area contributed by atoms with Crippen molar-refractivity contribution < 1.29 is 9.18 Å². The molecule has 1 nitrogen and oxygen atoms in total. The molecule has 2 aromatic carbocycles. The molecule has 0 aliphatic heterocycles. The van der Waals surface area contributed by atoms with Gasteiger partial charge in [0.05, 0.1) is 0 Å². The molecule has 0 aliphatic carbocycles. The summed E-state index contributed by atoms with van der Waals surface area (Å²) >= 11 is 5.83.